The van der Waals surface area contributed by atoms with E-state index in [-0.39, 0.29) is 43.4 Å². The number of quaternary nitrogens is 1. The Labute approximate surface area is 168 Å². The Hall–Kier alpha value is -1.89. The van der Waals surface area contributed by atoms with Gasteiger partial charge in [-0.05, 0) is 38.5 Å². The molecule has 0 bridgehead atoms. The van der Waals surface area contributed by atoms with E-state index in [1.165, 1.54) is 19.3 Å². The number of unbranched alkanes of at least 4 members (excludes halogenated alkanes) is 6. The maximum absolute atomic E-state index is 11.0. The average Bonchev–Trinajstić information content (AvgIpc) is 2.63. The molecule has 162 valence electrons. The second kappa shape index (κ2) is 16.1. The molecular formula is C21H38NO6+. The first-order valence-corrected chi connectivity index (χ1v) is 10.5. The minimum Gasteiger partial charge on any atom is -0.481 e. The smallest absolute Gasteiger partial charge is 0.309 e. The molecule has 0 aromatic rings. The quantitative estimate of drug-likeness (QED) is 0.172. The van der Waals surface area contributed by atoms with E-state index in [1.807, 2.05) is 0 Å². The second-order valence-corrected chi connectivity index (χ2v) is 7.48. The van der Waals surface area contributed by atoms with Gasteiger partial charge >= 0.3 is 17.9 Å². The van der Waals surface area contributed by atoms with Crippen LogP contribution < -0.4 is 0 Å². The van der Waals surface area contributed by atoms with Crippen molar-refractivity contribution in [3.8, 4) is 0 Å². The lowest BCUT2D eigenvalue weighted by molar-refractivity contribution is -0.927. The fourth-order valence-corrected chi connectivity index (χ4v) is 3.30. The molecule has 0 aromatic heterocycles. The van der Waals surface area contributed by atoms with Gasteiger partial charge in [-0.25, -0.2) is 0 Å². The third kappa shape index (κ3) is 15.2. The van der Waals surface area contributed by atoms with Gasteiger partial charge in [0.25, 0.3) is 0 Å². The first-order valence-electron chi connectivity index (χ1n) is 10.5. The molecule has 7 heteroatoms. The van der Waals surface area contributed by atoms with E-state index in [1.54, 1.807) is 0 Å². The molecule has 0 aliphatic heterocycles. The topological polar surface area (TPSA) is 112 Å². The number of hydrogen-bond donors (Lipinski definition) is 3. The number of carboxylic acids is 3. The Balaban J connectivity index is 4.55. The predicted molar refractivity (Wildman–Crippen MR) is 108 cm³/mol. The standard InChI is InChI=1S/C21H37NO6/c1-2-3-4-5-6-7-8-9-10-11-15-22(16-12-19(23)24,17-13-20(25)26)18-14-21(27)28/h6-7H,2-5,8-18H2,1H3,(H2-,23,24,25,26,27,28)/p+1/b7-6+. The average molecular weight is 401 g/mol. The van der Waals surface area contributed by atoms with E-state index in [0.717, 1.165) is 32.1 Å². The van der Waals surface area contributed by atoms with E-state index in [2.05, 4.69) is 19.1 Å². The maximum Gasteiger partial charge on any atom is 0.309 e. The van der Waals surface area contributed by atoms with Gasteiger partial charge in [0.1, 0.15) is 0 Å². The SMILES string of the molecule is CCCCC/C=C/CCCCC[N+](CCC(=O)O)(CCC(=O)O)CCC(=O)O. The second-order valence-electron chi connectivity index (χ2n) is 7.48. The van der Waals surface area contributed by atoms with Crippen LogP contribution in [0.15, 0.2) is 12.2 Å². The van der Waals surface area contributed by atoms with Crippen LogP contribution in [0, 0.1) is 0 Å². The first-order chi connectivity index (χ1) is 13.3. The molecule has 0 saturated heterocycles. The zero-order valence-electron chi connectivity index (χ0n) is 17.3. The largest absolute Gasteiger partial charge is 0.481 e. The molecule has 0 unspecified atom stereocenters. The summed E-state index contributed by atoms with van der Waals surface area (Å²) in [6.07, 6.45) is 12.8. The third-order valence-corrected chi connectivity index (χ3v) is 5.04. The van der Waals surface area contributed by atoms with Gasteiger partial charge in [0, 0.05) is 0 Å². The van der Waals surface area contributed by atoms with Crippen LogP contribution in [-0.2, 0) is 14.4 Å². The molecule has 28 heavy (non-hydrogen) atoms. The minimum atomic E-state index is -0.943. The van der Waals surface area contributed by atoms with Crippen molar-refractivity contribution in [3.05, 3.63) is 12.2 Å². The number of nitrogens with zero attached hydrogens (tertiary/aromatic N) is 1. The fourth-order valence-electron chi connectivity index (χ4n) is 3.30. The predicted octanol–water partition coefficient (Wildman–Crippen LogP) is 3.92. The fraction of sp³-hybridized carbons (Fsp3) is 0.762. The highest BCUT2D eigenvalue weighted by Gasteiger charge is 2.29. The van der Waals surface area contributed by atoms with Crippen molar-refractivity contribution in [1.29, 1.82) is 0 Å². The Morgan fingerprint density at radius 1 is 0.643 bits per heavy atom. The number of aliphatic carboxylic acids is 3. The van der Waals surface area contributed by atoms with Crippen molar-refractivity contribution >= 4 is 17.9 Å². The lowest BCUT2D eigenvalue weighted by Gasteiger charge is -2.38. The van der Waals surface area contributed by atoms with Crippen LogP contribution in [0.2, 0.25) is 0 Å². The lowest BCUT2D eigenvalue weighted by Crippen LogP contribution is -2.52. The van der Waals surface area contributed by atoms with E-state index in [0.29, 0.717) is 6.54 Å². The van der Waals surface area contributed by atoms with Gasteiger partial charge < -0.3 is 19.8 Å². The molecular weight excluding hydrogens is 362 g/mol. The lowest BCUT2D eigenvalue weighted by atomic mass is 10.1. The first kappa shape index (κ1) is 26.1. The van der Waals surface area contributed by atoms with Crippen LogP contribution >= 0.6 is 0 Å². The molecule has 0 rings (SSSR count). The van der Waals surface area contributed by atoms with Gasteiger partial charge in [0.05, 0.1) is 45.4 Å². The normalized spacial score (nSPS) is 11.8. The van der Waals surface area contributed by atoms with Crippen LogP contribution in [0.1, 0.15) is 77.6 Å². The Kier molecular flexibility index (Phi) is 15.0. The molecule has 0 spiro atoms. The summed E-state index contributed by atoms with van der Waals surface area (Å²) in [4.78, 5) is 33.0. The number of hydrogen-bond acceptors (Lipinski definition) is 3. The molecule has 0 fully saturated rings. The van der Waals surface area contributed by atoms with Crippen molar-refractivity contribution in [1.82, 2.24) is 0 Å². The summed E-state index contributed by atoms with van der Waals surface area (Å²) in [6.45, 7) is 3.62. The number of rotatable bonds is 19. The highest BCUT2D eigenvalue weighted by atomic mass is 16.4. The summed E-state index contributed by atoms with van der Waals surface area (Å²) in [7, 11) is 0. The number of carbonyl (C=O) groups is 3. The van der Waals surface area contributed by atoms with E-state index in [9.17, 15) is 14.4 Å². The summed E-state index contributed by atoms with van der Waals surface area (Å²) in [6, 6.07) is 0. The molecule has 3 N–H and O–H groups in total. The van der Waals surface area contributed by atoms with Crippen LogP contribution in [0.5, 0.6) is 0 Å². The van der Waals surface area contributed by atoms with Crippen LogP contribution in [0.4, 0.5) is 0 Å². The minimum absolute atomic E-state index is 0.0836. The highest BCUT2D eigenvalue weighted by Crippen LogP contribution is 2.16. The van der Waals surface area contributed by atoms with Gasteiger partial charge in [-0.3, -0.25) is 14.4 Å². The monoisotopic (exact) mass is 400 g/mol. The van der Waals surface area contributed by atoms with E-state index in [4.69, 9.17) is 15.3 Å². The molecule has 0 amide bonds. The molecule has 0 aliphatic carbocycles. The van der Waals surface area contributed by atoms with Crippen molar-refractivity contribution < 1.29 is 34.2 Å². The number of carboxylic acid groups (broad SMARTS) is 3. The summed E-state index contributed by atoms with van der Waals surface area (Å²) >= 11 is 0. The maximum atomic E-state index is 11.0. The molecule has 0 saturated carbocycles. The third-order valence-electron chi connectivity index (χ3n) is 5.04. The van der Waals surface area contributed by atoms with E-state index < -0.39 is 17.9 Å². The molecule has 0 heterocycles. The van der Waals surface area contributed by atoms with Crippen LogP contribution in [-0.4, -0.2) is 63.9 Å². The molecule has 0 radical (unpaired) electrons. The van der Waals surface area contributed by atoms with Gasteiger partial charge in [0.15, 0.2) is 0 Å². The van der Waals surface area contributed by atoms with Crippen LogP contribution in [0.3, 0.4) is 0 Å². The Morgan fingerprint density at radius 2 is 1.07 bits per heavy atom. The summed E-state index contributed by atoms with van der Waals surface area (Å²) in [5, 5.41) is 27.1. The zero-order valence-corrected chi connectivity index (χ0v) is 17.3. The molecule has 7 nitrogen and oxygen atoms in total. The summed E-state index contributed by atoms with van der Waals surface area (Å²) in [5.74, 6) is -2.83. The summed E-state index contributed by atoms with van der Waals surface area (Å²) < 4.78 is 0.248. The van der Waals surface area contributed by atoms with Gasteiger partial charge in [-0.2, -0.15) is 0 Å². The molecule has 0 atom stereocenters. The van der Waals surface area contributed by atoms with E-state index >= 15 is 0 Å². The van der Waals surface area contributed by atoms with Crippen molar-refractivity contribution in [2.75, 3.05) is 26.2 Å². The van der Waals surface area contributed by atoms with Crippen molar-refractivity contribution in [2.45, 2.75) is 77.6 Å². The van der Waals surface area contributed by atoms with Crippen molar-refractivity contribution in [2.24, 2.45) is 0 Å². The Morgan fingerprint density at radius 3 is 1.46 bits per heavy atom. The van der Waals surface area contributed by atoms with Crippen molar-refractivity contribution in [3.63, 3.8) is 0 Å². The molecule has 0 aliphatic rings. The highest BCUT2D eigenvalue weighted by molar-refractivity contribution is 5.67. The van der Waals surface area contributed by atoms with Gasteiger partial charge in [0.2, 0.25) is 0 Å². The van der Waals surface area contributed by atoms with Gasteiger partial charge in [-0.15, -0.1) is 0 Å². The Bertz CT molecular complexity index is 444. The summed E-state index contributed by atoms with van der Waals surface area (Å²) in [5.41, 5.74) is 0. The van der Waals surface area contributed by atoms with Crippen LogP contribution in [0.25, 0.3) is 0 Å². The van der Waals surface area contributed by atoms with Gasteiger partial charge in [-0.1, -0.05) is 31.9 Å². The zero-order chi connectivity index (χ0) is 21.3. The molecule has 0 aromatic carbocycles. The number of allylic oxidation sites excluding steroid dienone is 2.